The van der Waals surface area contributed by atoms with Gasteiger partial charge in [0.15, 0.2) is 5.78 Å². The molecule has 0 fully saturated rings. The van der Waals surface area contributed by atoms with Crippen molar-refractivity contribution in [2.45, 2.75) is 45.1 Å². The summed E-state index contributed by atoms with van der Waals surface area (Å²) in [5.41, 5.74) is 5.73. The summed E-state index contributed by atoms with van der Waals surface area (Å²) in [6.45, 7) is 4.38. The molecule has 5 rings (SSSR count). The lowest BCUT2D eigenvalue weighted by Gasteiger charge is -2.36. The van der Waals surface area contributed by atoms with Gasteiger partial charge in [-0.15, -0.1) is 0 Å². The van der Waals surface area contributed by atoms with Crippen LogP contribution in [0.25, 0.3) is 0 Å². The molecule has 6 nitrogen and oxygen atoms in total. The van der Waals surface area contributed by atoms with Gasteiger partial charge in [-0.05, 0) is 67.1 Å². The van der Waals surface area contributed by atoms with Crippen LogP contribution in [0.4, 0.5) is 0 Å². The molecule has 39 heavy (non-hydrogen) atoms. The zero-order valence-electron chi connectivity index (χ0n) is 22.5. The molecule has 0 aromatic heterocycles. The van der Waals surface area contributed by atoms with Gasteiger partial charge in [0, 0.05) is 29.3 Å². The monoisotopic (exact) mass is 523 g/mol. The molecule has 0 unspecified atom stereocenters. The molecule has 3 aromatic carbocycles. The Kier molecular flexibility index (Phi) is 7.82. The number of nitrogens with one attached hydrogen (secondary N) is 1. The average Bonchev–Trinajstić information content (AvgIpc) is 2.96. The lowest BCUT2D eigenvalue weighted by Crippen LogP contribution is -2.36. The molecule has 200 valence electrons. The number of hydrogen-bond donors (Lipinski definition) is 1. The molecule has 6 heteroatoms. The standard InChI is InChI=1S/C33H33NO5/c1-4-38-33(36)30-21(2)34-28-18-25(23-10-14-26(37-3)15-11-23)19-29(35)32(28)31(30)24-12-16-27(17-13-24)39-20-22-8-6-5-7-9-22/h5-17,25,31,34H,4,18-20H2,1-3H3/t25-,31-/m0/s1. The van der Waals surface area contributed by atoms with Crippen molar-refractivity contribution < 1.29 is 23.8 Å². The van der Waals surface area contributed by atoms with E-state index in [4.69, 9.17) is 14.2 Å². The number of ether oxygens (including phenoxy) is 3. The zero-order chi connectivity index (χ0) is 27.4. The summed E-state index contributed by atoms with van der Waals surface area (Å²) in [6, 6.07) is 25.5. The number of Topliss-reactive ketones (excluding diaryl/α,β-unsaturated/α-hetero) is 1. The highest BCUT2D eigenvalue weighted by molar-refractivity contribution is 6.04. The minimum Gasteiger partial charge on any atom is -0.497 e. The van der Waals surface area contributed by atoms with Crippen molar-refractivity contribution in [3.63, 3.8) is 0 Å². The second-order valence-corrected chi connectivity index (χ2v) is 9.85. The van der Waals surface area contributed by atoms with Crippen molar-refractivity contribution in [1.29, 1.82) is 0 Å². The van der Waals surface area contributed by atoms with Crippen molar-refractivity contribution in [3.8, 4) is 11.5 Å². The van der Waals surface area contributed by atoms with E-state index in [-0.39, 0.29) is 18.3 Å². The first-order chi connectivity index (χ1) is 19.0. The fourth-order valence-electron chi connectivity index (χ4n) is 5.46. The molecule has 0 saturated carbocycles. The Hall–Kier alpha value is -4.32. The third-order valence-corrected chi connectivity index (χ3v) is 7.37. The quantitative estimate of drug-likeness (QED) is 0.355. The highest BCUT2D eigenvalue weighted by atomic mass is 16.5. The Morgan fingerprint density at radius 3 is 2.23 bits per heavy atom. The van der Waals surface area contributed by atoms with Gasteiger partial charge in [0.2, 0.25) is 0 Å². The van der Waals surface area contributed by atoms with Crippen LogP contribution in [0.2, 0.25) is 0 Å². The Balaban J connectivity index is 1.46. The van der Waals surface area contributed by atoms with Gasteiger partial charge in [-0.2, -0.15) is 0 Å². The summed E-state index contributed by atoms with van der Waals surface area (Å²) in [4.78, 5) is 26.9. The summed E-state index contributed by atoms with van der Waals surface area (Å²) < 4.78 is 16.7. The van der Waals surface area contributed by atoms with E-state index in [0.29, 0.717) is 36.3 Å². The van der Waals surface area contributed by atoms with Crippen molar-refractivity contribution in [1.82, 2.24) is 5.32 Å². The summed E-state index contributed by atoms with van der Waals surface area (Å²) >= 11 is 0. The van der Waals surface area contributed by atoms with E-state index in [9.17, 15) is 9.59 Å². The van der Waals surface area contributed by atoms with E-state index in [2.05, 4.69) is 5.32 Å². The number of dihydropyridines is 1. The normalized spacial score (nSPS) is 18.8. The van der Waals surface area contributed by atoms with Gasteiger partial charge in [0.05, 0.1) is 19.3 Å². The van der Waals surface area contributed by atoms with Crippen LogP contribution in [0.5, 0.6) is 11.5 Å². The second kappa shape index (κ2) is 11.6. The molecule has 0 bridgehead atoms. The second-order valence-electron chi connectivity index (χ2n) is 9.85. The molecule has 0 amide bonds. The van der Waals surface area contributed by atoms with Crippen molar-refractivity contribution in [2.24, 2.45) is 0 Å². The molecule has 0 radical (unpaired) electrons. The van der Waals surface area contributed by atoms with Crippen LogP contribution in [0, 0.1) is 0 Å². The van der Waals surface area contributed by atoms with E-state index >= 15 is 0 Å². The minimum absolute atomic E-state index is 0.0354. The number of ketones is 1. The fourth-order valence-corrected chi connectivity index (χ4v) is 5.46. The van der Waals surface area contributed by atoms with Crippen LogP contribution in [0.15, 0.2) is 101 Å². The molecule has 3 aromatic rings. The summed E-state index contributed by atoms with van der Waals surface area (Å²) in [5.74, 6) is 0.667. The maximum Gasteiger partial charge on any atom is 0.336 e. The number of carbonyl (C=O) groups is 2. The van der Waals surface area contributed by atoms with E-state index in [1.165, 1.54) is 0 Å². The first-order valence-corrected chi connectivity index (χ1v) is 13.3. The molecule has 1 aliphatic heterocycles. The third kappa shape index (κ3) is 5.60. The maximum atomic E-state index is 13.8. The number of esters is 1. The highest BCUT2D eigenvalue weighted by Crippen LogP contribution is 2.46. The highest BCUT2D eigenvalue weighted by Gasteiger charge is 2.41. The molecular formula is C33H33NO5. The summed E-state index contributed by atoms with van der Waals surface area (Å²) in [6.07, 6.45) is 1.05. The Bertz CT molecular complexity index is 1400. The van der Waals surface area contributed by atoms with Crippen LogP contribution in [-0.4, -0.2) is 25.5 Å². The molecule has 0 saturated heterocycles. The lowest BCUT2D eigenvalue weighted by molar-refractivity contribution is -0.138. The predicted molar refractivity (Wildman–Crippen MR) is 149 cm³/mol. The van der Waals surface area contributed by atoms with Crippen LogP contribution in [0.1, 0.15) is 55.2 Å². The fraction of sp³-hybridized carbons (Fsp3) is 0.273. The molecule has 1 N–H and O–H groups in total. The number of allylic oxidation sites excluding steroid dienone is 3. The number of benzene rings is 3. The van der Waals surface area contributed by atoms with Gasteiger partial charge >= 0.3 is 5.97 Å². The van der Waals surface area contributed by atoms with Crippen LogP contribution < -0.4 is 14.8 Å². The van der Waals surface area contributed by atoms with Crippen molar-refractivity contribution in [2.75, 3.05) is 13.7 Å². The topological polar surface area (TPSA) is 73.9 Å². The predicted octanol–water partition coefficient (Wildman–Crippen LogP) is 6.20. The Labute approximate surface area is 229 Å². The largest absolute Gasteiger partial charge is 0.497 e. The van der Waals surface area contributed by atoms with E-state index in [1.807, 2.05) is 85.8 Å². The van der Waals surface area contributed by atoms with Gasteiger partial charge in [0.1, 0.15) is 18.1 Å². The maximum absolute atomic E-state index is 13.8. The first-order valence-electron chi connectivity index (χ1n) is 13.3. The number of rotatable bonds is 8. The van der Waals surface area contributed by atoms with Crippen LogP contribution >= 0.6 is 0 Å². The van der Waals surface area contributed by atoms with E-state index in [1.54, 1.807) is 14.0 Å². The smallest absolute Gasteiger partial charge is 0.336 e. The Morgan fingerprint density at radius 2 is 1.56 bits per heavy atom. The van der Waals surface area contributed by atoms with Gasteiger partial charge < -0.3 is 19.5 Å². The summed E-state index contributed by atoms with van der Waals surface area (Å²) in [5, 5.41) is 3.40. The lowest BCUT2D eigenvalue weighted by atomic mass is 9.71. The third-order valence-electron chi connectivity index (χ3n) is 7.37. The molecule has 1 heterocycles. The summed E-state index contributed by atoms with van der Waals surface area (Å²) in [7, 11) is 1.64. The van der Waals surface area contributed by atoms with Crippen LogP contribution in [0.3, 0.4) is 0 Å². The molecule has 0 spiro atoms. The average molecular weight is 524 g/mol. The number of hydrogen-bond acceptors (Lipinski definition) is 6. The molecule has 2 aliphatic rings. The van der Waals surface area contributed by atoms with Crippen molar-refractivity contribution >= 4 is 11.8 Å². The number of methoxy groups -OCH3 is 1. The van der Waals surface area contributed by atoms with Gasteiger partial charge in [-0.3, -0.25) is 4.79 Å². The SMILES string of the molecule is CCOC(=O)C1=C(C)NC2=C(C(=O)C[C@@H](c3ccc(OC)cc3)C2)[C@H]1c1ccc(OCc2ccccc2)cc1. The van der Waals surface area contributed by atoms with Crippen LogP contribution in [-0.2, 0) is 20.9 Å². The first kappa shape index (κ1) is 26.3. The van der Waals surface area contributed by atoms with Gasteiger partial charge in [0.25, 0.3) is 0 Å². The molecule has 2 atom stereocenters. The molecular weight excluding hydrogens is 490 g/mol. The van der Waals surface area contributed by atoms with Gasteiger partial charge in [-0.1, -0.05) is 54.6 Å². The minimum atomic E-state index is -0.507. The molecule has 1 aliphatic carbocycles. The van der Waals surface area contributed by atoms with E-state index in [0.717, 1.165) is 33.9 Å². The number of carbonyl (C=O) groups excluding carboxylic acids is 2. The van der Waals surface area contributed by atoms with Gasteiger partial charge in [-0.25, -0.2) is 4.79 Å². The Morgan fingerprint density at radius 1 is 0.897 bits per heavy atom. The zero-order valence-corrected chi connectivity index (χ0v) is 22.5. The van der Waals surface area contributed by atoms with E-state index < -0.39 is 11.9 Å². The van der Waals surface area contributed by atoms with Crippen molar-refractivity contribution in [3.05, 3.63) is 118 Å².